The summed E-state index contributed by atoms with van der Waals surface area (Å²) in [6.45, 7) is 3.84. The van der Waals surface area contributed by atoms with Crippen molar-refractivity contribution in [2.45, 2.75) is 24.9 Å². The minimum atomic E-state index is -0.862. The van der Waals surface area contributed by atoms with Crippen LogP contribution in [-0.2, 0) is 4.79 Å². The molecule has 0 atom stereocenters. The highest BCUT2D eigenvalue weighted by molar-refractivity contribution is 9.10. The first kappa shape index (κ1) is 17.7. The Labute approximate surface area is 143 Å². The first-order valence-electron chi connectivity index (χ1n) is 6.57. The number of anilines is 1. The zero-order valence-corrected chi connectivity index (χ0v) is 14.7. The minimum absolute atomic E-state index is 0.0450. The number of rotatable bonds is 5. The third kappa shape index (κ3) is 4.20. The first-order chi connectivity index (χ1) is 10.8. The monoisotopic (exact) mass is 405 g/mol. The van der Waals surface area contributed by atoms with Gasteiger partial charge in [-0.25, -0.2) is 13.5 Å². The molecular formula is C13H14BrF2N5OS. The predicted octanol–water partition coefficient (Wildman–Crippen LogP) is 2.89. The van der Waals surface area contributed by atoms with Gasteiger partial charge in [0.1, 0.15) is 5.82 Å². The van der Waals surface area contributed by atoms with E-state index in [2.05, 4.69) is 31.4 Å². The highest BCUT2D eigenvalue weighted by atomic mass is 79.9. The van der Waals surface area contributed by atoms with Gasteiger partial charge in [0.15, 0.2) is 11.6 Å². The van der Waals surface area contributed by atoms with E-state index in [0.717, 1.165) is 17.8 Å². The highest BCUT2D eigenvalue weighted by Crippen LogP contribution is 2.27. The van der Waals surface area contributed by atoms with Gasteiger partial charge in [-0.2, -0.15) is 0 Å². The number of hydrogen-bond donors (Lipinski definition) is 2. The number of carbonyl (C=O) groups excluding carboxylic acids is 1. The smallest absolute Gasteiger partial charge is 0.234 e. The molecule has 1 amide bonds. The van der Waals surface area contributed by atoms with E-state index in [-0.39, 0.29) is 21.8 Å². The molecule has 0 spiro atoms. The zero-order valence-electron chi connectivity index (χ0n) is 12.3. The minimum Gasteiger partial charge on any atom is -0.336 e. The third-order valence-electron chi connectivity index (χ3n) is 2.81. The van der Waals surface area contributed by atoms with Crippen molar-refractivity contribution in [1.82, 2.24) is 14.9 Å². The van der Waals surface area contributed by atoms with Crippen LogP contribution in [-0.4, -0.2) is 26.5 Å². The van der Waals surface area contributed by atoms with Gasteiger partial charge in [-0.05, 0) is 22.0 Å². The Morgan fingerprint density at radius 1 is 1.43 bits per heavy atom. The lowest BCUT2D eigenvalue weighted by atomic mass is 10.2. The molecule has 1 aromatic heterocycles. The van der Waals surface area contributed by atoms with Gasteiger partial charge < -0.3 is 11.2 Å². The Morgan fingerprint density at radius 2 is 2.13 bits per heavy atom. The lowest BCUT2D eigenvalue weighted by Gasteiger charge is -2.09. The number of hydrogen-bond acceptors (Lipinski definition) is 5. The van der Waals surface area contributed by atoms with E-state index in [9.17, 15) is 13.6 Å². The van der Waals surface area contributed by atoms with Gasteiger partial charge >= 0.3 is 0 Å². The summed E-state index contributed by atoms with van der Waals surface area (Å²) in [4.78, 5) is 11.9. The maximum atomic E-state index is 13.7. The normalized spacial score (nSPS) is 11.0. The Balaban J connectivity index is 2.01. The SMILES string of the molecule is CC(C)c1nnc(SCC(=O)Nc2c(F)cc(F)cc2Br)n1N. The fraction of sp³-hybridized carbons (Fsp3) is 0.308. The van der Waals surface area contributed by atoms with Crippen LogP contribution in [0.1, 0.15) is 25.6 Å². The van der Waals surface area contributed by atoms with Gasteiger partial charge in [0.2, 0.25) is 11.1 Å². The summed E-state index contributed by atoms with van der Waals surface area (Å²) in [5.74, 6) is 4.41. The van der Waals surface area contributed by atoms with Crippen molar-refractivity contribution in [1.29, 1.82) is 0 Å². The van der Waals surface area contributed by atoms with E-state index in [0.29, 0.717) is 17.0 Å². The number of carbonyl (C=O) groups is 1. The average molecular weight is 406 g/mol. The van der Waals surface area contributed by atoms with E-state index in [1.54, 1.807) is 0 Å². The molecule has 0 fully saturated rings. The quantitative estimate of drug-likeness (QED) is 0.589. The Hall–Kier alpha value is -1.68. The van der Waals surface area contributed by atoms with Crippen molar-refractivity contribution < 1.29 is 13.6 Å². The van der Waals surface area contributed by atoms with E-state index in [4.69, 9.17) is 5.84 Å². The molecule has 2 aromatic rings. The van der Waals surface area contributed by atoms with Crippen molar-refractivity contribution in [3.63, 3.8) is 0 Å². The number of nitrogens with one attached hydrogen (secondary N) is 1. The van der Waals surface area contributed by atoms with Crippen molar-refractivity contribution in [3.05, 3.63) is 34.1 Å². The van der Waals surface area contributed by atoms with Crippen molar-refractivity contribution in [2.24, 2.45) is 0 Å². The number of benzene rings is 1. The van der Waals surface area contributed by atoms with Gasteiger partial charge in [-0.3, -0.25) is 4.79 Å². The average Bonchev–Trinajstić information content (AvgIpc) is 2.82. The van der Waals surface area contributed by atoms with Crippen molar-refractivity contribution in [2.75, 3.05) is 16.9 Å². The molecule has 0 radical (unpaired) electrons. The summed E-state index contributed by atoms with van der Waals surface area (Å²) in [5.41, 5.74) is -0.117. The fourth-order valence-electron chi connectivity index (χ4n) is 1.75. The molecule has 2 rings (SSSR count). The van der Waals surface area contributed by atoms with Crippen LogP contribution >= 0.6 is 27.7 Å². The van der Waals surface area contributed by atoms with Crippen molar-refractivity contribution >= 4 is 39.3 Å². The van der Waals surface area contributed by atoms with Crippen molar-refractivity contribution in [3.8, 4) is 0 Å². The maximum Gasteiger partial charge on any atom is 0.234 e. The number of amides is 1. The van der Waals surface area contributed by atoms with Crippen LogP contribution in [0, 0.1) is 11.6 Å². The van der Waals surface area contributed by atoms with E-state index >= 15 is 0 Å². The lowest BCUT2D eigenvalue weighted by molar-refractivity contribution is -0.113. The Kier molecular flexibility index (Phi) is 5.58. The number of halogens is 3. The molecule has 0 aliphatic heterocycles. The van der Waals surface area contributed by atoms with E-state index in [1.165, 1.54) is 4.68 Å². The van der Waals surface area contributed by atoms with Crippen LogP contribution in [0.3, 0.4) is 0 Å². The van der Waals surface area contributed by atoms with Crippen LogP contribution in [0.5, 0.6) is 0 Å². The second kappa shape index (κ2) is 7.26. The second-order valence-electron chi connectivity index (χ2n) is 4.95. The van der Waals surface area contributed by atoms with Gasteiger partial charge in [-0.1, -0.05) is 25.6 Å². The molecule has 0 unspecified atom stereocenters. The number of nitrogens with zero attached hydrogens (tertiary/aromatic N) is 3. The molecule has 0 saturated heterocycles. The molecule has 3 N–H and O–H groups in total. The summed E-state index contributed by atoms with van der Waals surface area (Å²) < 4.78 is 28.1. The number of nitrogen functional groups attached to an aromatic ring is 1. The zero-order chi connectivity index (χ0) is 17.1. The molecule has 0 aliphatic carbocycles. The first-order valence-corrected chi connectivity index (χ1v) is 8.35. The molecule has 0 bridgehead atoms. The summed E-state index contributed by atoms with van der Waals surface area (Å²) in [5, 5.41) is 10.6. The van der Waals surface area contributed by atoms with Crippen LogP contribution in [0.4, 0.5) is 14.5 Å². The van der Waals surface area contributed by atoms with Gasteiger partial charge in [0, 0.05) is 16.5 Å². The van der Waals surface area contributed by atoms with Crippen LogP contribution in [0.15, 0.2) is 21.8 Å². The van der Waals surface area contributed by atoms with E-state index < -0.39 is 17.5 Å². The molecule has 6 nitrogen and oxygen atoms in total. The molecule has 10 heteroatoms. The summed E-state index contributed by atoms with van der Waals surface area (Å²) in [7, 11) is 0. The van der Waals surface area contributed by atoms with Gasteiger partial charge in [0.25, 0.3) is 0 Å². The molecular weight excluding hydrogens is 392 g/mol. The predicted molar refractivity (Wildman–Crippen MR) is 87.7 cm³/mol. The summed E-state index contributed by atoms with van der Waals surface area (Å²) in [6, 6.07) is 1.76. The molecule has 1 aromatic carbocycles. The second-order valence-corrected chi connectivity index (χ2v) is 6.74. The highest BCUT2D eigenvalue weighted by Gasteiger charge is 2.16. The van der Waals surface area contributed by atoms with Crippen LogP contribution < -0.4 is 11.2 Å². The maximum absolute atomic E-state index is 13.7. The third-order valence-corrected chi connectivity index (χ3v) is 4.38. The van der Waals surface area contributed by atoms with E-state index in [1.807, 2.05) is 13.8 Å². The van der Waals surface area contributed by atoms with Crippen LogP contribution in [0.2, 0.25) is 0 Å². The van der Waals surface area contributed by atoms with Gasteiger partial charge in [0.05, 0.1) is 11.4 Å². The molecule has 0 saturated carbocycles. The number of thioether (sulfide) groups is 1. The largest absolute Gasteiger partial charge is 0.336 e. The standard InChI is InChI=1S/C13H14BrF2N5OS/c1-6(2)12-19-20-13(21(12)17)23-5-10(22)18-11-8(14)3-7(15)4-9(11)16/h3-4,6H,5,17H2,1-2H3,(H,18,22). The van der Waals surface area contributed by atoms with Gasteiger partial charge in [-0.15, -0.1) is 10.2 Å². The lowest BCUT2D eigenvalue weighted by Crippen LogP contribution is -2.18. The van der Waals surface area contributed by atoms with Crippen LogP contribution in [0.25, 0.3) is 0 Å². The Bertz CT molecular complexity index is 714. The molecule has 23 heavy (non-hydrogen) atoms. The molecule has 1 heterocycles. The Morgan fingerprint density at radius 3 is 2.70 bits per heavy atom. The molecule has 0 aliphatic rings. The molecule has 124 valence electrons. The topological polar surface area (TPSA) is 85.8 Å². The number of aromatic nitrogens is 3. The number of nitrogens with two attached hydrogens (primary N) is 1. The summed E-state index contributed by atoms with van der Waals surface area (Å²) in [6.07, 6.45) is 0. The fourth-order valence-corrected chi connectivity index (χ4v) is 2.92. The summed E-state index contributed by atoms with van der Waals surface area (Å²) >= 11 is 4.07.